The van der Waals surface area contributed by atoms with Crippen molar-refractivity contribution in [1.29, 1.82) is 0 Å². The van der Waals surface area contributed by atoms with E-state index in [1.54, 1.807) is 0 Å². The van der Waals surface area contributed by atoms with Gasteiger partial charge in [-0.3, -0.25) is 9.59 Å². The van der Waals surface area contributed by atoms with Gasteiger partial charge in [-0.05, 0) is 43.2 Å². The lowest BCUT2D eigenvalue weighted by atomic mass is 9.63. The summed E-state index contributed by atoms with van der Waals surface area (Å²) in [6, 6.07) is 7.37. The molecule has 23 heavy (non-hydrogen) atoms. The molecule has 0 aromatic heterocycles. The van der Waals surface area contributed by atoms with Crippen molar-refractivity contribution in [2.45, 2.75) is 26.2 Å². The van der Waals surface area contributed by atoms with Crippen molar-refractivity contribution in [2.75, 3.05) is 11.5 Å². The molecule has 120 valence electrons. The number of rotatable bonds is 4. The van der Waals surface area contributed by atoms with Gasteiger partial charge >= 0.3 is 0 Å². The number of para-hydroxylation sites is 2. The molecule has 2 amide bonds. The molecular weight excluding hydrogens is 290 g/mol. The van der Waals surface area contributed by atoms with Crippen molar-refractivity contribution in [2.24, 2.45) is 23.7 Å². The van der Waals surface area contributed by atoms with E-state index in [0.29, 0.717) is 18.0 Å². The van der Waals surface area contributed by atoms with E-state index in [1.165, 1.54) is 4.90 Å². The van der Waals surface area contributed by atoms with Crippen LogP contribution in [-0.2, 0) is 9.59 Å². The summed E-state index contributed by atoms with van der Waals surface area (Å²) in [6.45, 7) is 2.61. The Morgan fingerprint density at radius 2 is 1.65 bits per heavy atom. The van der Waals surface area contributed by atoms with Crippen LogP contribution in [0.3, 0.4) is 0 Å². The van der Waals surface area contributed by atoms with Crippen LogP contribution < -0.4 is 9.64 Å². The average Bonchev–Trinajstić information content (AvgIpc) is 2.88. The highest BCUT2D eigenvalue weighted by Crippen LogP contribution is 2.51. The summed E-state index contributed by atoms with van der Waals surface area (Å²) < 4.78 is 5.76. The standard InChI is InChI=1S/C19H21NO3/c1-2-11-23-15-6-4-3-5-14(15)20-18(21)16-12-7-8-13(10-9-12)17(16)19(20)22/h3-8,12-13,16-17H,2,9-11H2,1H3. The van der Waals surface area contributed by atoms with E-state index in [0.717, 1.165) is 19.3 Å². The maximum Gasteiger partial charge on any atom is 0.238 e. The van der Waals surface area contributed by atoms with Crippen LogP contribution in [0.5, 0.6) is 5.75 Å². The molecule has 4 nitrogen and oxygen atoms in total. The van der Waals surface area contributed by atoms with Gasteiger partial charge in [0.15, 0.2) is 0 Å². The van der Waals surface area contributed by atoms with E-state index in [4.69, 9.17) is 4.74 Å². The molecule has 1 heterocycles. The highest BCUT2D eigenvalue weighted by molar-refractivity contribution is 6.23. The molecule has 2 bridgehead atoms. The first-order chi connectivity index (χ1) is 11.2. The van der Waals surface area contributed by atoms with Gasteiger partial charge in [0.2, 0.25) is 11.8 Å². The van der Waals surface area contributed by atoms with Crippen molar-refractivity contribution in [3.63, 3.8) is 0 Å². The maximum atomic E-state index is 13.0. The van der Waals surface area contributed by atoms with Crippen LogP contribution in [0.2, 0.25) is 0 Å². The molecule has 4 atom stereocenters. The smallest absolute Gasteiger partial charge is 0.238 e. The second-order valence-corrected chi connectivity index (χ2v) is 6.67. The quantitative estimate of drug-likeness (QED) is 0.634. The number of ether oxygens (including phenoxy) is 1. The molecule has 4 unspecified atom stereocenters. The summed E-state index contributed by atoms with van der Waals surface area (Å²) in [7, 11) is 0. The Balaban J connectivity index is 1.71. The molecule has 1 aromatic carbocycles. The first kappa shape index (κ1) is 14.5. The van der Waals surface area contributed by atoms with Crippen molar-refractivity contribution in [3.05, 3.63) is 36.4 Å². The largest absolute Gasteiger partial charge is 0.491 e. The van der Waals surface area contributed by atoms with Gasteiger partial charge in [0, 0.05) is 0 Å². The summed E-state index contributed by atoms with van der Waals surface area (Å²) in [5.74, 6) is 0.606. The minimum Gasteiger partial charge on any atom is -0.491 e. The van der Waals surface area contributed by atoms with Crippen LogP contribution in [0.25, 0.3) is 0 Å². The zero-order valence-electron chi connectivity index (χ0n) is 13.3. The van der Waals surface area contributed by atoms with Gasteiger partial charge in [0.1, 0.15) is 5.75 Å². The monoisotopic (exact) mass is 311 g/mol. The van der Waals surface area contributed by atoms with Gasteiger partial charge in [0.25, 0.3) is 0 Å². The fourth-order valence-electron chi connectivity index (χ4n) is 4.29. The van der Waals surface area contributed by atoms with E-state index in [1.807, 2.05) is 31.2 Å². The van der Waals surface area contributed by atoms with Crippen LogP contribution in [0.15, 0.2) is 36.4 Å². The summed E-state index contributed by atoms with van der Waals surface area (Å²) in [5.41, 5.74) is 0.602. The zero-order valence-corrected chi connectivity index (χ0v) is 13.3. The number of carbonyl (C=O) groups excluding carboxylic acids is 2. The van der Waals surface area contributed by atoms with E-state index in [2.05, 4.69) is 12.2 Å². The lowest BCUT2D eigenvalue weighted by molar-refractivity contribution is -0.124. The zero-order chi connectivity index (χ0) is 16.0. The van der Waals surface area contributed by atoms with Crippen LogP contribution in [0, 0.1) is 23.7 Å². The number of amides is 2. The molecular formula is C19H21NO3. The second kappa shape index (κ2) is 5.52. The number of nitrogens with zero attached hydrogens (tertiary/aromatic N) is 1. The molecule has 4 heteroatoms. The molecule has 5 rings (SSSR count). The molecule has 3 aliphatic carbocycles. The highest BCUT2D eigenvalue weighted by Gasteiger charge is 2.57. The minimum atomic E-state index is -0.175. The maximum absolute atomic E-state index is 13.0. The van der Waals surface area contributed by atoms with Crippen LogP contribution in [0.4, 0.5) is 5.69 Å². The molecule has 1 aromatic rings. The van der Waals surface area contributed by atoms with Crippen molar-refractivity contribution in [3.8, 4) is 5.75 Å². The van der Waals surface area contributed by atoms with Gasteiger partial charge in [0.05, 0.1) is 24.1 Å². The first-order valence-corrected chi connectivity index (χ1v) is 8.50. The molecule has 1 saturated heterocycles. The van der Waals surface area contributed by atoms with Gasteiger partial charge in [-0.15, -0.1) is 0 Å². The fourth-order valence-corrected chi connectivity index (χ4v) is 4.29. The molecule has 0 N–H and O–H groups in total. The number of fused-ring (bicyclic) bond motifs is 1. The van der Waals surface area contributed by atoms with Crippen molar-refractivity contribution in [1.82, 2.24) is 0 Å². The normalized spacial score (nSPS) is 31.6. The third-order valence-corrected chi connectivity index (χ3v) is 5.33. The molecule has 2 fully saturated rings. The average molecular weight is 311 g/mol. The lowest BCUT2D eigenvalue weighted by Gasteiger charge is -2.38. The molecule has 4 aliphatic rings. The predicted octanol–water partition coefficient (Wildman–Crippen LogP) is 3.18. The Morgan fingerprint density at radius 1 is 1.04 bits per heavy atom. The van der Waals surface area contributed by atoms with E-state index >= 15 is 0 Å². The summed E-state index contributed by atoms with van der Waals surface area (Å²) in [6.07, 6.45) is 7.20. The minimum absolute atomic E-state index is 0.0494. The number of allylic oxidation sites excluding steroid dienone is 2. The van der Waals surface area contributed by atoms with Crippen molar-refractivity contribution < 1.29 is 14.3 Å². The van der Waals surface area contributed by atoms with Gasteiger partial charge < -0.3 is 4.74 Å². The highest BCUT2D eigenvalue weighted by atomic mass is 16.5. The van der Waals surface area contributed by atoms with Crippen molar-refractivity contribution >= 4 is 17.5 Å². The Labute approximate surface area is 136 Å². The Morgan fingerprint density at radius 3 is 2.22 bits per heavy atom. The van der Waals surface area contributed by atoms with Gasteiger partial charge in [-0.2, -0.15) is 0 Å². The summed E-state index contributed by atoms with van der Waals surface area (Å²) in [5, 5.41) is 0. The topological polar surface area (TPSA) is 46.6 Å². The van der Waals surface area contributed by atoms with E-state index < -0.39 is 0 Å². The second-order valence-electron chi connectivity index (χ2n) is 6.67. The number of anilines is 1. The van der Waals surface area contributed by atoms with Crippen LogP contribution >= 0.6 is 0 Å². The third kappa shape index (κ3) is 2.12. The van der Waals surface area contributed by atoms with E-state index in [9.17, 15) is 9.59 Å². The van der Waals surface area contributed by atoms with E-state index in [-0.39, 0.29) is 35.5 Å². The Kier molecular flexibility index (Phi) is 3.47. The SMILES string of the molecule is CCCOc1ccccc1N1C(=O)C2C3C=CC(CC3)C2C1=O. The van der Waals surface area contributed by atoms with Gasteiger partial charge in [-0.25, -0.2) is 4.90 Å². The van der Waals surface area contributed by atoms with Crippen LogP contribution in [0.1, 0.15) is 26.2 Å². The predicted molar refractivity (Wildman–Crippen MR) is 87.1 cm³/mol. The molecule has 1 saturated carbocycles. The third-order valence-electron chi connectivity index (χ3n) is 5.33. The number of hydrogen-bond acceptors (Lipinski definition) is 3. The van der Waals surface area contributed by atoms with Gasteiger partial charge in [-0.1, -0.05) is 31.2 Å². The number of benzene rings is 1. The molecule has 0 radical (unpaired) electrons. The summed E-state index contributed by atoms with van der Waals surface area (Å²) in [4.78, 5) is 27.4. The Bertz CT molecular complexity index is 649. The first-order valence-electron chi connectivity index (χ1n) is 8.50. The number of imide groups is 1. The number of carbonyl (C=O) groups is 2. The Hall–Kier alpha value is -2.10. The fraction of sp³-hybridized carbons (Fsp3) is 0.474. The molecule has 1 aliphatic heterocycles. The number of hydrogen-bond donors (Lipinski definition) is 0. The lowest BCUT2D eigenvalue weighted by Crippen LogP contribution is -2.38. The molecule has 0 spiro atoms. The summed E-state index contributed by atoms with van der Waals surface area (Å²) >= 11 is 0. The van der Waals surface area contributed by atoms with Crippen LogP contribution in [-0.4, -0.2) is 18.4 Å².